The number of amides is 2. The summed E-state index contributed by atoms with van der Waals surface area (Å²) in [4.78, 5) is 35.9. The average Bonchev–Trinajstić information content (AvgIpc) is 2.62. The first kappa shape index (κ1) is 20.3. The highest BCUT2D eigenvalue weighted by atomic mass is 32.2. The summed E-state index contributed by atoms with van der Waals surface area (Å²) < 4.78 is 16.9. The molecule has 0 radical (unpaired) electrons. The largest absolute Gasteiger partial charge is 0.449 e. The number of nitrogens with one attached hydrogen (secondary N) is 2. The fraction of sp³-hybridized carbons (Fsp3) is 0.211. The van der Waals surface area contributed by atoms with Crippen molar-refractivity contribution in [3.8, 4) is 0 Å². The van der Waals surface area contributed by atoms with Gasteiger partial charge in [0.25, 0.3) is 5.91 Å². The molecule has 0 bridgehead atoms. The topological polar surface area (TPSA) is 102 Å². The van der Waals surface area contributed by atoms with Crippen LogP contribution in [0.3, 0.4) is 0 Å². The van der Waals surface area contributed by atoms with E-state index in [1.165, 1.54) is 26.2 Å². The van der Waals surface area contributed by atoms with E-state index in [9.17, 15) is 18.6 Å². The van der Waals surface area contributed by atoms with Gasteiger partial charge in [-0.1, -0.05) is 12.1 Å². The minimum absolute atomic E-state index is 0.164. The van der Waals surface area contributed by atoms with Gasteiger partial charge in [-0.15, -0.1) is 0 Å². The van der Waals surface area contributed by atoms with Crippen LogP contribution >= 0.6 is 0 Å². The minimum Gasteiger partial charge on any atom is -0.449 e. The molecule has 0 aliphatic carbocycles. The van der Waals surface area contributed by atoms with Crippen molar-refractivity contribution in [3.63, 3.8) is 0 Å². The van der Waals surface area contributed by atoms with E-state index >= 15 is 0 Å². The van der Waals surface area contributed by atoms with Crippen LogP contribution in [0.2, 0.25) is 0 Å². The minimum atomic E-state index is -1.36. The molecular formula is C19H20N2O5S. The van der Waals surface area contributed by atoms with Crippen molar-refractivity contribution in [2.45, 2.75) is 24.8 Å². The second-order valence-electron chi connectivity index (χ2n) is 5.75. The number of carbonyl (C=O) groups excluding carboxylic acids is 3. The van der Waals surface area contributed by atoms with Gasteiger partial charge in [-0.25, -0.2) is 4.79 Å². The predicted octanol–water partition coefficient (Wildman–Crippen LogP) is 2.57. The molecule has 0 aliphatic rings. The molecule has 2 amide bonds. The van der Waals surface area contributed by atoms with Gasteiger partial charge in [0.2, 0.25) is 5.91 Å². The van der Waals surface area contributed by atoms with Crippen LogP contribution in [-0.4, -0.2) is 34.4 Å². The monoisotopic (exact) mass is 388 g/mol. The Morgan fingerprint density at radius 1 is 0.963 bits per heavy atom. The van der Waals surface area contributed by atoms with Crippen LogP contribution in [0.4, 0.5) is 11.4 Å². The van der Waals surface area contributed by atoms with E-state index in [-0.39, 0.29) is 11.5 Å². The lowest BCUT2D eigenvalue weighted by Gasteiger charge is -2.15. The standard InChI is InChI=1S/C19H20N2O5S/c1-12(26-19(24)16-6-4-5-7-17(16)27(3)25)18(23)21-15-10-8-14(9-11-15)20-13(2)22/h4-12H,1-3H3,(H,20,22)(H,21,23)/t12-,27-/m1/s1. The molecular weight excluding hydrogens is 368 g/mol. The summed E-state index contributed by atoms with van der Waals surface area (Å²) >= 11 is 0. The first-order valence-electron chi connectivity index (χ1n) is 8.10. The van der Waals surface area contributed by atoms with Crippen LogP contribution in [0, 0.1) is 0 Å². The van der Waals surface area contributed by atoms with Gasteiger partial charge < -0.3 is 15.4 Å². The van der Waals surface area contributed by atoms with Crippen molar-refractivity contribution >= 4 is 40.0 Å². The number of benzene rings is 2. The molecule has 0 aromatic heterocycles. The van der Waals surface area contributed by atoms with Crippen LogP contribution in [0.25, 0.3) is 0 Å². The van der Waals surface area contributed by atoms with E-state index in [1.54, 1.807) is 42.5 Å². The normalized spacial score (nSPS) is 12.6. The van der Waals surface area contributed by atoms with Crippen molar-refractivity contribution in [2.75, 3.05) is 16.9 Å². The number of carbonyl (C=O) groups is 3. The first-order chi connectivity index (χ1) is 12.8. The van der Waals surface area contributed by atoms with Gasteiger partial charge in [0.1, 0.15) is 0 Å². The Morgan fingerprint density at radius 3 is 2.07 bits per heavy atom. The van der Waals surface area contributed by atoms with Crippen LogP contribution in [0.5, 0.6) is 0 Å². The van der Waals surface area contributed by atoms with Gasteiger partial charge in [0.05, 0.1) is 21.3 Å². The first-order valence-corrected chi connectivity index (χ1v) is 9.65. The average molecular weight is 388 g/mol. The third-order valence-electron chi connectivity index (χ3n) is 3.54. The van der Waals surface area contributed by atoms with Gasteiger partial charge in [0, 0.05) is 24.6 Å². The Bertz CT molecular complexity index is 880. The molecule has 0 heterocycles. The predicted molar refractivity (Wildman–Crippen MR) is 103 cm³/mol. The van der Waals surface area contributed by atoms with Crippen LogP contribution in [0.15, 0.2) is 53.4 Å². The molecule has 2 rings (SSSR count). The number of anilines is 2. The van der Waals surface area contributed by atoms with Crippen LogP contribution in [-0.2, 0) is 25.1 Å². The Kier molecular flexibility index (Phi) is 6.84. The maximum Gasteiger partial charge on any atom is 0.340 e. The molecule has 2 aromatic carbocycles. The highest BCUT2D eigenvalue weighted by Gasteiger charge is 2.21. The fourth-order valence-corrected chi connectivity index (χ4v) is 2.98. The van der Waals surface area contributed by atoms with E-state index in [2.05, 4.69) is 10.6 Å². The number of hydrogen-bond acceptors (Lipinski definition) is 5. The van der Waals surface area contributed by atoms with E-state index in [0.29, 0.717) is 16.3 Å². The number of esters is 1. The van der Waals surface area contributed by atoms with Crippen molar-refractivity contribution in [2.24, 2.45) is 0 Å². The summed E-state index contributed by atoms with van der Waals surface area (Å²) in [6.45, 7) is 2.85. The number of ether oxygens (including phenoxy) is 1. The Morgan fingerprint density at radius 2 is 1.52 bits per heavy atom. The highest BCUT2D eigenvalue weighted by Crippen LogP contribution is 2.16. The molecule has 2 N–H and O–H groups in total. The van der Waals surface area contributed by atoms with Gasteiger partial charge in [-0.2, -0.15) is 0 Å². The van der Waals surface area contributed by atoms with E-state index in [0.717, 1.165) is 0 Å². The van der Waals surface area contributed by atoms with Crippen molar-refractivity contribution in [1.29, 1.82) is 0 Å². The molecule has 142 valence electrons. The highest BCUT2D eigenvalue weighted by molar-refractivity contribution is 7.84. The molecule has 0 aliphatic heterocycles. The lowest BCUT2D eigenvalue weighted by atomic mass is 10.2. The molecule has 0 saturated carbocycles. The van der Waals surface area contributed by atoms with Crippen LogP contribution in [0.1, 0.15) is 24.2 Å². The molecule has 7 nitrogen and oxygen atoms in total. The summed E-state index contributed by atoms with van der Waals surface area (Å²) in [5, 5.41) is 5.25. The Balaban J connectivity index is 2.00. The maximum absolute atomic E-state index is 12.3. The molecule has 0 saturated heterocycles. The smallest absolute Gasteiger partial charge is 0.340 e. The molecule has 0 fully saturated rings. The van der Waals surface area contributed by atoms with E-state index in [1.807, 2.05) is 0 Å². The number of hydrogen-bond donors (Lipinski definition) is 2. The quantitative estimate of drug-likeness (QED) is 0.741. The zero-order chi connectivity index (χ0) is 20.0. The lowest BCUT2D eigenvalue weighted by Crippen LogP contribution is -2.30. The Hall–Kier alpha value is -3.00. The SMILES string of the molecule is CC(=O)Nc1ccc(NC(=O)[C@@H](C)OC(=O)c2ccccc2[S@@](C)=O)cc1. The second kappa shape index (κ2) is 9.09. The van der Waals surface area contributed by atoms with Crippen molar-refractivity contribution < 1.29 is 23.3 Å². The molecule has 8 heteroatoms. The third kappa shape index (κ3) is 5.75. The van der Waals surface area contributed by atoms with Crippen molar-refractivity contribution in [1.82, 2.24) is 0 Å². The summed E-state index contributed by atoms with van der Waals surface area (Å²) in [5.41, 5.74) is 1.26. The van der Waals surface area contributed by atoms with E-state index in [4.69, 9.17) is 4.74 Å². The van der Waals surface area contributed by atoms with Crippen LogP contribution < -0.4 is 10.6 Å². The zero-order valence-corrected chi connectivity index (χ0v) is 16.0. The zero-order valence-electron chi connectivity index (χ0n) is 15.1. The van der Waals surface area contributed by atoms with Gasteiger partial charge in [-0.05, 0) is 43.3 Å². The van der Waals surface area contributed by atoms with Gasteiger partial charge >= 0.3 is 5.97 Å². The van der Waals surface area contributed by atoms with Gasteiger partial charge in [-0.3, -0.25) is 13.8 Å². The molecule has 2 atom stereocenters. The van der Waals surface area contributed by atoms with E-state index < -0.39 is 28.8 Å². The lowest BCUT2D eigenvalue weighted by molar-refractivity contribution is -0.123. The molecule has 2 aromatic rings. The Labute approximate surface area is 159 Å². The summed E-state index contributed by atoms with van der Waals surface area (Å²) in [6, 6.07) is 12.9. The summed E-state index contributed by atoms with van der Waals surface area (Å²) in [5.74, 6) is -1.42. The fourth-order valence-electron chi connectivity index (χ4n) is 2.25. The summed E-state index contributed by atoms with van der Waals surface area (Å²) in [7, 11) is -1.36. The maximum atomic E-state index is 12.3. The van der Waals surface area contributed by atoms with Gasteiger partial charge in [0.15, 0.2) is 6.10 Å². The summed E-state index contributed by atoms with van der Waals surface area (Å²) in [6.07, 6.45) is 0.415. The molecule has 0 spiro atoms. The number of rotatable bonds is 6. The molecule has 0 unspecified atom stereocenters. The molecule has 27 heavy (non-hydrogen) atoms. The van der Waals surface area contributed by atoms with Crippen molar-refractivity contribution in [3.05, 3.63) is 54.1 Å². The second-order valence-corrected chi connectivity index (χ2v) is 7.09. The third-order valence-corrected chi connectivity index (χ3v) is 4.52.